The minimum atomic E-state index is -0.982. The van der Waals surface area contributed by atoms with Crippen molar-refractivity contribution in [2.45, 2.75) is 44.9 Å². The Labute approximate surface area is 201 Å². The number of oxime groups is 1. The first-order valence-electron chi connectivity index (χ1n) is 11.9. The average molecular weight is 475 g/mol. The molecule has 2 N–H and O–H groups in total. The smallest absolute Gasteiger partial charge is 0.306 e. The van der Waals surface area contributed by atoms with E-state index in [9.17, 15) is 24.7 Å². The summed E-state index contributed by atoms with van der Waals surface area (Å²) in [6.45, 7) is 0.236. The van der Waals surface area contributed by atoms with Gasteiger partial charge in [-0.05, 0) is 43.9 Å². The van der Waals surface area contributed by atoms with E-state index in [0.717, 1.165) is 36.0 Å². The second kappa shape index (κ2) is 9.37. The number of aliphatic carboxylic acids is 1. The number of hydrogen-bond acceptors (Lipinski definition) is 6. The lowest BCUT2D eigenvalue weighted by Gasteiger charge is -2.16. The van der Waals surface area contributed by atoms with Gasteiger partial charge in [-0.2, -0.15) is 0 Å². The number of carbonyl (C=O) groups excluding carboxylic acids is 2. The first-order chi connectivity index (χ1) is 17.0. The van der Waals surface area contributed by atoms with Gasteiger partial charge in [-0.3, -0.25) is 19.3 Å². The van der Waals surface area contributed by atoms with E-state index in [1.807, 2.05) is 18.2 Å². The summed E-state index contributed by atoms with van der Waals surface area (Å²) in [5.74, 6) is -1.37. The Kier molecular flexibility index (Phi) is 6.11. The van der Waals surface area contributed by atoms with Crippen molar-refractivity contribution in [3.8, 4) is 0 Å². The molecule has 0 saturated carbocycles. The maximum Gasteiger partial charge on any atom is 0.306 e. The normalized spacial score (nSPS) is 16.1. The van der Waals surface area contributed by atoms with Gasteiger partial charge in [-0.25, -0.2) is 0 Å². The van der Waals surface area contributed by atoms with E-state index in [0.29, 0.717) is 36.0 Å². The number of benzene rings is 2. The highest BCUT2D eigenvalue weighted by atomic mass is 16.4. The van der Waals surface area contributed by atoms with Crippen molar-refractivity contribution < 1.29 is 29.1 Å². The van der Waals surface area contributed by atoms with Gasteiger partial charge in [0, 0.05) is 35.9 Å². The number of carbonyl (C=O) groups is 3. The fraction of sp³-hybridized carbons (Fsp3) is 0.333. The molecule has 1 atom stereocenters. The van der Waals surface area contributed by atoms with Crippen molar-refractivity contribution in [2.75, 3.05) is 6.54 Å². The molecular weight excluding hydrogens is 448 g/mol. The summed E-state index contributed by atoms with van der Waals surface area (Å²) in [6, 6.07) is 12.3. The second-order valence-corrected chi connectivity index (χ2v) is 9.16. The molecule has 1 aliphatic carbocycles. The van der Waals surface area contributed by atoms with Crippen molar-refractivity contribution in [3.63, 3.8) is 0 Å². The number of amides is 2. The van der Waals surface area contributed by atoms with Crippen molar-refractivity contribution in [1.29, 1.82) is 0 Å². The van der Waals surface area contributed by atoms with Gasteiger partial charge in [-0.1, -0.05) is 35.8 Å². The molecule has 2 aromatic carbocycles. The van der Waals surface area contributed by atoms with Crippen LogP contribution >= 0.6 is 0 Å². The molecule has 3 aromatic rings. The van der Waals surface area contributed by atoms with Crippen LogP contribution in [0, 0.1) is 5.92 Å². The van der Waals surface area contributed by atoms with Gasteiger partial charge in [0.15, 0.2) is 0 Å². The lowest BCUT2D eigenvalue weighted by molar-refractivity contribution is -0.141. The Morgan fingerprint density at radius 2 is 1.80 bits per heavy atom. The number of aryl methyl sites for hydroxylation is 2. The van der Waals surface area contributed by atoms with E-state index in [1.54, 1.807) is 24.3 Å². The standard InChI is InChI=1S/C27H26N2O6/c30-25-20-7-1-2-8-21(20)26(31)29(25)13-4-3-6-17(27(32)33)14-22(28-34)16-11-12-19-18-9-5-10-23(18)35-24(19)15-16/h1-2,7-8,11-12,15,17,34H,3-6,9-10,13-14H2,(H,32,33)/t17-/m1/s1. The number of imide groups is 1. The van der Waals surface area contributed by atoms with Crippen molar-refractivity contribution >= 4 is 34.5 Å². The first kappa shape index (κ1) is 22.8. The summed E-state index contributed by atoms with van der Waals surface area (Å²) in [7, 11) is 0. The molecule has 0 spiro atoms. The summed E-state index contributed by atoms with van der Waals surface area (Å²) in [4.78, 5) is 38.1. The van der Waals surface area contributed by atoms with E-state index in [-0.39, 0.29) is 30.5 Å². The van der Waals surface area contributed by atoms with Crippen LogP contribution in [0.3, 0.4) is 0 Å². The highest BCUT2D eigenvalue weighted by Crippen LogP contribution is 2.33. The summed E-state index contributed by atoms with van der Waals surface area (Å²) >= 11 is 0. The quantitative estimate of drug-likeness (QED) is 0.153. The fourth-order valence-electron chi connectivity index (χ4n) is 5.15. The number of hydrogen-bond donors (Lipinski definition) is 2. The average Bonchev–Trinajstić information content (AvgIpc) is 3.52. The third-order valence-corrected chi connectivity index (χ3v) is 7.01. The van der Waals surface area contributed by atoms with Crippen LogP contribution in [0.5, 0.6) is 0 Å². The van der Waals surface area contributed by atoms with Gasteiger partial charge in [0.2, 0.25) is 0 Å². The van der Waals surface area contributed by atoms with E-state index in [1.165, 1.54) is 10.5 Å². The number of carboxylic acid groups (broad SMARTS) is 1. The van der Waals surface area contributed by atoms with Gasteiger partial charge < -0.3 is 14.7 Å². The zero-order chi connectivity index (χ0) is 24.5. The molecule has 5 rings (SSSR count). The van der Waals surface area contributed by atoms with Crippen LogP contribution in [0.1, 0.15) is 69.7 Å². The highest BCUT2D eigenvalue weighted by molar-refractivity contribution is 6.21. The third-order valence-electron chi connectivity index (χ3n) is 7.01. The van der Waals surface area contributed by atoms with Gasteiger partial charge in [0.25, 0.3) is 11.8 Å². The van der Waals surface area contributed by atoms with Crippen LogP contribution in [0.2, 0.25) is 0 Å². The van der Waals surface area contributed by atoms with Crippen molar-refractivity contribution in [1.82, 2.24) is 4.90 Å². The minimum Gasteiger partial charge on any atom is -0.481 e. The lowest BCUT2D eigenvalue weighted by atomic mass is 9.92. The molecule has 2 heterocycles. The summed E-state index contributed by atoms with van der Waals surface area (Å²) < 4.78 is 5.95. The van der Waals surface area contributed by atoms with Crippen LogP contribution in [-0.4, -0.2) is 45.3 Å². The number of carboxylic acids is 1. The zero-order valence-electron chi connectivity index (χ0n) is 19.2. The first-order valence-corrected chi connectivity index (χ1v) is 11.9. The largest absolute Gasteiger partial charge is 0.481 e. The van der Waals surface area contributed by atoms with Crippen LogP contribution in [0.4, 0.5) is 0 Å². The Morgan fingerprint density at radius 3 is 2.49 bits per heavy atom. The number of rotatable bonds is 9. The van der Waals surface area contributed by atoms with Crippen LogP contribution in [-0.2, 0) is 17.6 Å². The van der Waals surface area contributed by atoms with Crippen LogP contribution < -0.4 is 0 Å². The monoisotopic (exact) mass is 474 g/mol. The molecule has 0 bridgehead atoms. The molecule has 0 radical (unpaired) electrons. The van der Waals surface area contributed by atoms with Gasteiger partial charge in [0.1, 0.15) is 11.3 Å². The minimum absolute atomic E-state index is 0.0603. The molecule has 180 valence electrons. The Bertz CT molecular complexity index is 1320. The third kappa shape index (κ3) is 4.20. The van der Waals surface area contributed by atoms with Gasteiger partial charge >= 0.3 is 5.97 Å². The zero-order valence-corrected chi connectivity index (χ0v) is 19.2. The number of unbranched alkanes of at least 4 members (excludes halogenated alkanes) is 1. The summed E-state index contributed by atoms with van der Waals surface area (Å²) in [5, 5.41) is 23.9. The Hall–Kier alpha value is -3.94. The SMILES string of the molecule is O=C(O)[C@H](CCCCN1C(=O)c2ccccc2C1=O)CC(=NO)c1ccc2c3c(oc2c1)CCC3. The van der Waals surface area contributed by atoms with Gasteiger partial charge in [-0.15, -0.1) is 0 Å². The fourth-order valence-corrected chi connectivity index (χ4v) is 5.15. The summed E-state index contributed by atoms with van der Waals surface area (Å²) in [6.07, 6.45) is 4.38. The van der Waals surface area contributed by atoms with E-state index < -0.39 is 11.9 Å². The van der Waals surface area contributed by atoms with E-state index in [4.69, 9.17) is 4.42 Å². The predicted molar refractivity (Wildman–Crippen MR) is 128 cm³/mol. The molecule has 2 amide bonds. The molecular formula is C27H26N2O6. The highest BCUT2D eigenvalue weighted by Gasteiger charge is 2.34. The number of nitrogens with zero attached hydrogens (tertiary/aromatic N) is 2. The number of furan rings is 1. The molecule has 8 heteroatoms. The second-order valence-electron chi connectivity index (χ2n) is 9.16. The van der Waals surface area contributed by atoms with E-state index in [2.05, 4.69) is 5.16 Å². The molecule has 2 aliphatic rings. The maximum atomic E-state index is 12.5. The molecule has 0 saturated heterocycles. The van der Waals surface area contributed by atoms with Crippen LogP contribution in [0.15, 0.2) is 52.0 Å². The van der Waals surface area contributed by atoms with Crippen molar-refractivity contribution in [3.05, 3.63) is 70.5 Å². The Morgan fingerprint density at radius 1 is 1.06 bits per heavy atom. The van der Waals surface area contributed by atoms with E-state index >= 15 is 0 Å². The molecule has 1 aliphatic heterocycles. The molecule has 8 nitrogen and oxygen atoms in total. The molecule has 0 fully saturated rings. The number of fused-ring (bicyclic) bond motifs is 4. The predicted octanol–water partition coefficient (Wildman–Crippen LogP) is 4.66. The van der Waals surface area contributed by atoms with Crippen molar-refractivity contribution in [2.24, 2.45) is 11.1 Å². The van der Waals surface area contributed by atoms with Crippen LogP contribution in [0.25, 0.3) is 11.0 Å². The molecule has 1 aromatic heterocycles. The summed E-state index contributed by atoms with van der Waals surface area (Å²) in [5.41, 5.74) is 3.68. The Balaban J connectivity index is 1.20. The molecule has 35 heavy (non-hydrogen) atoms. The lowest BCUT2D eigenvalue weighted by Crippen LogP contribution is -2.30. The van der Waals surface area contributed by atoms with Gasteiger partial charge in [0.05, 0.1) is 22.8 Å². The maximum absolute atomic E-state index is 12.5. The molecule has 0 unspecified atom stereocenters. The topological polar surface area (TPSA) is 120 Å².